The molecule has 0 amide bonds. The fraction of sp³-hybridized carbons (Fsp3) is 0.951. The van der Waals surface area contributed by atoms with E-state index >= 15 is 0 Å². The molecule has 0 aromatic rings. The molecule has 0 heterocycles. The van der Waals surface area contributed by atoms with Gasteiger partial charge in [0.25, 0.3) is 0 Å². The SMILES string of the molecule is CCC(C)CCCCCCCCCCCCCCCCC(=O)O[C@H](COC(=O)CCCCCCCCCCCCCCCCCC(C)C)COP(=O)(O)OCC(O)COP(=O)(O)OC[C@@H](COC(=O)CCCCCCCCCC(C)C)OC(=O)CCCCCCCCCCCCC(C)CC. The predicted octanol–water partition coefficient (Wildman–Crippen LogP) is 24.0. The first kappa shape index (κ1) is 98.1. The van der Waals surface area contributed by atoms with Crippen molar-refractivity contribution >= 4 is 39.5 Å². The molecule has 0 aliphatic carbocycles. The van der Waals surface area contributed by atoms with Crippen LogP contribution in [0.5, 0.6) is 0 Å². The van der Waals surface area contributed by atoms with Gasteiger partial charge in [-0.15, -0.1) is 0 Å². The fourth-order valence-corrected chi connectivity index (χ4v) is 13.9. The quantitative estimate of drug-likeness (QED) is 0.0222. The van der Waals surface area contributed by atoms with Gasteiger partial charge in [0.1, 0.15) is 19.3 Å². The zero-order chi connectivity index (χ0) is 73.8. The monoisotopic (exact) mass is 1470 g/mol. The smallest absolute Gasteiger partial charge is 0.462 e. The largest absolute Gasteiger partial charge is 0.472 e. The molecule has 0 aliphatic heterocycles. The Morgan fingerprint density at radius 1 is 0.280 bits per heavy atom. The lowest BCUT2D eigenvalue weighted by molar-refractivity contribution is -0.161. The van der Waals surface area contributed by atoms with Crippen molar-refractivity contribution in [2.24, 2.45) is 23.7 Å². The summed E-state index contributed by atoms with van der Waals surface area (Å²) < 4.78 is 68.7. The van der Waals surface area contributed by atoms with Gasteiger partial charge in [-0.3, -0.25) is 37.3 Å². The molecule has 0 saturated carbocycles. The molecule has 19 heteroatoms. The lowest BCUT2D eigenvalue weighted by Crippen LogP contribution is -2.30. The van der Waals surface area contributed by atoms with E-state index in [4.69, 9.17) is 37.0 Å². The molecule has 0 aromatic heterocycles. The molecule has 0 rings (SSSR count). The van der Waals surface area contributed by atoms with Crippen molar-refractivity contribution in [3.63, 3.8) is 0 Å². The summed E-state index contributed by atoms with van der Waals surface area (Å²) >= 11 is 0. The van der Waals surface area contributed by atoms with Gasteiger partial charge in [0.15, 0.2) is 12.2 Å². The first-order valence-corrected chi connectivity index (χ1v) is 44.8. The molecule has 0 radical (unpaired) electrons. The summed E-state index contributed by atoms with van der Waals surface area (Å²) in [5.41, 5.74) is 0. The Labute approximate surface area is 613 Å². The van der Waals surface area contributed by atoms with Crippen LogP contribution in [0.2, 0.25) is 0 Å². The van der Waals surface area contributed by atoms with E-state index in [0.717, 1.165) is 114 Å². The number of hydrogen-bond donors (Lipinski definition) is 3. The van der Waals surface area contributed by atoms with Gasteiger partial charge >= 0.3 is 39.5 Å². The molecule has 0 fully saturated rings. The third kappa shape index (κ3) is 71.7. The van der Waals surface area contributed by atoms with Gasteiger partial charge in [-0.05, 0) is 49.4 Å². The van der Waals surface area contributed by atoms with E-state index in [9.17, 15) is 43.2 Å². The maximum atomic E-state index is 13.1. The minimum atomic E-state index is -4.96. The Hall–Kier alpha value is -1.94. The lowest BCUT2D eigenvalue weighted by Gasteiger charge is -2.21. The summed E-state index contributed by atoms with van der Waals surface area (Å²) in [5, 5.41) is 10.6. The first-order chi connectivity index (χ1) is 48.2. The first-order valence-electron chi connectivity index (χ1n) is 41.8. The van der Waals surface area contributed by atoms with Crippen LogP contribution in [0.4, 0.5) is 0 Å². The van der Waals surface area contributed by atoms with Gasteiger partial charge in [-0.25, -0.2) is 9.13 Å². The Morgan fingerprint density at radius 3 is 0.710 bits per heavy atom. The predicted molar refractivity (Wildman–Crippen MR) is 409 cm³/mol. The van der Waals surface area contributed by atoms with Crippen molar-refractivity contribution in [2.75, 3.05) is 39.6 Å². The molecule has 0 aliphatic rings. The molecule has 0 saturated heterocycles. The second-order valence-corrected chi connectivity index (χ2v) is 33.5. The second-order valence-electron chi connectivity index (χ2n) is 30.6. The van der Waals surface area contributed by atoms with Gasteiger partial charge in [-0.2, -0.15) is 0 Å². The summed E-state index contributed by atoms with van der Waals surface area (Å²) in [4.78, 5) is 73.0. The number of phosphoric acid groups is 2. The highest BCUT2D eigenvalue weighted by molar-refractivity contribution is 7.47. The van der Waals surface area contributed by atoms with Gasteiger partial charge < -0.3 is 33.8 Å². The summed E-state index contributed by atoms with van der Waals surface area (Å²) in [6, 6.07) is 0. The van der Waals surface area contributed by atoms with Crippen LogP contribution in [0.3, 0.4) is 0 Å². The molecular weight excluding hydrogens is 1310 g/mol. The van der Waals surface area contributed by atoms with Crippen LogP contribution in [-0.2, 0) is 65.4 Å². The Morgan fingerprint density at radius 2 is 0.480 bits per heavy atom. The van der Waals surface area contributed by atoms with Crippen LogP contribution in [0.1, 0.15) is 415 Å². The molecule has 0 bridgehead atoms. The van der Waals surface area contributed by atoms with E-state index < -0.39 is 97.5 Å². The number of carbonyl (C=O) groups excluding carboxylic acids is 4. The van der Waals surface area contributed by atoms with E-state index in [1.165, 1.54) is 212 Å². The summed E-state index contributed by atoms with van der Waals surface area (Å²) in [5.74, 6) is 1.05. The number of unbranched alkanes of at least 4 members (excludes halogenated alkanes) is 42. The summed E-state index contributed by atoms with van der Waals surface area (Å²) in [6.07, 6.45) is 56.8. The summed E-state index contributed by atoms with van der Waals surface area (Å²) in [6.45, 7) is 14.3. The van der Waals surface area contributed by atoms with Crippen LogP contribution in [0.25, 0.3) is 0 Å². The fourth-order valence-electron chi connectivity index (χ4n) is 12.4. The van der Waals surface area contributed by atoms with Crippen LogP contribution in [0, 0.1) is 23.7 Å². The number of carbonyl (C=O) groups is 4. The molecular formula is C81H158O17P2. The highest BCUT2D eigenvalue weighted by Gasteiger charge is 2.30. The Bertz CT molecular complexity index is 1960. The number of ether oxygens (including phenoxy) is 4. The van der Waals surface area contributed by atoms with E-state index in [1.54, 1.807) is 0 Å². The lowest BCUT2D eigenvalue weighted by atomic mass is 9.99. The molecule has 594 valence electrons. The van der Waals surface area contributed by atoms with Crippen LogP contribution in [-0.4, -0.2) is 96.7 Å². The van der Waals surface area contributed by atoms with Crippen molar-refractivity contribution in [1.29, 1.82) is 0 Å². The van der Waals surface area contributed by atoms with E-state index in [0.29, 0.717) is 31.6 Å². The van der Waals surface area contributed by atoms with Crippen molar-refractivity contribution in [2.45, 2.75) is 433 Å². The average Bonchev–Trinajstić information content (AvgIpc) is 0.998. The van der Waals surface area contributed by atoms with Gasteiger partial charge in [0.05, 0.1) is 26.4 Å². The summed E-state index contributed by atoms with van der Waals surface area (Å²) in [7, 11) is -9.92. The third-order valence-electron chi connectivity index (χ3n) is 19.5. The number of esters is 4. The molecule has 0 spiro atoms. The number of aliphatic hydroxyl groups is 1. The van der Waals surface area contributed by atoms with Crippen LogP contribution < -0.4 is 0 Å². The number of rotatable bonds is 78. The molecule has 100 heavy (non-hydrogen) atoms. The van der Waals surface area contributed by atoms with Crippen molar-refractivity contribution < 1.29 is 80.2 Å². The minimum Gasteiger partial charge on any atom is -0.462 e. The van der Waals surface area contributed by atoms with Gasteiger partial charge in [-0.1, -0.05) is 364 Å². The van der Waals surface area contributed by atoms with Crippen molar-refractivity contribution in [3.8, 4) is 0 Å². The molecule has 17 nitrogen and oxygen atoms in total. The second kappa shape index (κ2) is 70.1. The maximum Gasteiger partial charge on any atom is 0.472 e. The number of hydrogen-bond acceptors (Lipinski definition) is 15. The minimum absolute atomic E-state index is 0.105. The zero-order valence-corrected chi connectivity index (χ0v) is 67.6. The van der Waals surface area contributed by atoms with Crippen molar-refractivity contribution in [1.82, 2.24) is 0 Å². The van der Waals surface area contributed by atoms with Crippen molar-refractivity contribution in [3.05, 3.63) is 0 Å². The van der Waals surface area contributed by atoms with Gasteiger partial charge in [0, 0.05) is 25.7 Å². The Kier molecular flexibility index (Phi) is 68.7. The van der Waals surface area contributed by atoms with Crippen LogP contribution >= 0.6 is 15.6 Å². The third-order valence-corrected chi connectivity index (χ3v) is 21.4. The maximum absolute atomic E-state index is 13.1. The van der Waals surface area contributed by atoms with E-state index in [2.05, 4.69) is 55.4 Å². The van der Waals surface area contributed by atoms with Gasteiger partial charge in [0.2, 0.25) is 0 Å². The molecule has 7 atom stereocenters. The number of phosphoric ester groups is 2. The normalized spacial score (nSPS) is 14.6. The zero-order valence-electron chi connectivity index (χ0n) is 65.8. The average molecular weight is 1470 g/mol. The molecule has 5 unspecified atom stereocenters. The Balaban J connectivity index is 5.25. The highest BCUT2D eigenvalue weighted by Crippen LogP contribution is 2.45. The van der Waals surface area contributed by atoms with E-state index in [1.807, 2.05) is 0 Å². The highest BCUT2D eigenvalue weighted by atomic mass is 31.2. The van der Waals surface area contributed by atoms with Crippen LogP contribution in [0.15, 0.2) is 0 Å². The van der Waals surface area contributed by atoms with E-state index in [-0.39, 0.29) is 25.7 Å². The topological polar surface area (TPSA) is 237 Å². The molecule has 0 aromatic carbocycles. The number of aliphatic hydroxyl groups excluding tert-OH is 1. The standard InChI is InChI=1S/C81H158O17P2/c1-9-73(7)59-51-43-35-27-21-17-14-15-19-23-30-38-47-55-63-80(85)97-76(67-91-78(83)61-53-45-37-29-22-18-13-11-12-16-20-26-33-41-49-57-71(3)4)69-95-99(87,88)93-65-75(82)66-94-100(89,90)96-70-77(68-92-79(84)62-54-46-40-32-34-42-50-58-72(5)6)98-81(86)64-56-48-39-31-25-24-28-36-44-52-60-74(8)10-2/h71-77,82H,9-70H2,1-8H3,(H,87,88)(H,89,90)/t73?,74?,75?,76-,77-/m1/s1. The molecule has 3 N–H and O–H groups in total.